The molecular weight excluding hydrogens is 274 g/mol. The lowest BCUT2D eigenvalue weighted by atomic mass is 10.1. The Hall–Kier alpha value is -0.830. The van der Waals surface area contributed by atoms with Gasteiger partial charge in [0.25, 0.3) is 0 Å². The Morgan fingerprint density at radius 2 is 1.32 bits per heavy atom. The molecule has 130 valence electrons. The quantitative estimate of drug-likeness (QED) is 0.222. The fourth-order valence-electron chi connectivity index (χ4n) is 2.42. The van der Waals surface area contributed by atoms with Crippen molar-refractivity contribution in [2.45, 2.75) is 91.4 Å². The molecule has 0 amide bonds. The van der Waals surface area contributed by atoms with E-state index in [4.69, 9.17) is 4.84 Å². The van der Waals surface area contributed by atoms with Crippen molar-refractivity contribution in [2.24, 2.45) is 0 Å². The molecule has 0 saturated carbocycles. The van der Waals surface area contributed by atoms with Gasteiger partial charge in [0, 0.05) is 18.7 Å². The average molecular weight is 312 g/mol. The number of hydrogen-bond acceptors (Lipinski definition) is 3. The third kappa shape index (κ3) is 12.9. The highest BCUT2D eigenvalue weighted by molar-refractivity contribution is 5.86. The molecule has 0 aliphatic rings. The highest BCUT2D eigenvalue weighted by Crippen LogP contribution is 2.11. The molecular formula is C19H37NO2. The van der Waals surface area contributed by atoms with E-state index in [9.17, 15) is 4.79 Å². The zero-order chi connectivity index (χ0) is 16.6. The molecule has 0 heterocycles. The van der Waals surface area contributed by atoms with Gasteiger partial charge in [-0.3, -0.25) is 0 Å². The summed E-state index contributed by atoms with van der Waals surface area (Å²) >= 11 is 0. The van der Waals surface area contributed by atoms with E-state index < -0.39 is 0 Å². The van der Waals surface area contributed by atoms with Crippen LogP contribution in [-0.2, 0) is 9.63 Å². The summed E-state index contributed by atoms with van der Waals surface area (Å²) in [5.41, 5.74) is 0.456. The molecule has 0 bridgehead atoms. The Morgan fingerprint density at radius 3 is 1.73 bits per heavy atom. The Morgan fingerprint density at radius 1 is 0.864 bits per heavy atom. The lowest BCUT2D eigenvalue weighted by Crippen LogP contribution is -2.28. The number of hydrogen-bond donors (Lipinski definition) is 0. The van der Waals surface area contributed by atoms with E-state index in [1.54, 1.807) is 12.0 Å². The van der Waals surface area contributed by atoms with Crippen LogP contribution in [0, 0.1) is 0 Å². The fraction of sp³-hybridized carbons (Fsp3) is 0.842. The first-order chi connectivity index (χ1) is 10.6. The Kier molecular flexibility index (Phi) is 14.5. The summed E-state index contributed by atoms with van der Waals surface area (Å²) in [6, 6.07) is 0. The minimum absolute atomic E-state index is 0.315. The molecule has 22 heavy (non-hydrogen) atoms. The van der Waals surface area contributed by atoms with Crippen LogP contribution < -0.4 is 0 Å². The minimum atomic E-state index is -0.315. The van der Waals surface area contributed by atoms with Gasteiger partial charge in [-0.2, -0.15) is 0 Å². The summed E-state index contributed by atoms with van der Waals surface area (Å²) in [6.07, 6.45) is 14.6. The predicted molar refractivity (Wildman–Crippen MR) is 94.6 cm³/mol. The molecule has 0 N–H and O–H groups in total. The molecule has 0 radical (unpaired) electrons. The zero-order valence-corrected chi connectivity index (χ0v) is 15.2. The third-order valence-corrected chi connectivity index (χ3v) is 3.92. The van der Waals surface area contributed by atoms with Gasteiger partial charge in [0.1, 0.15) is 0 Å². The van der Waals surface area contributed by atoms with Crippen LogP contribution in [0.4, 0.5) is 0 Å². The molecule has 3 nitrogen and oxygen atoms in total. The number of nitrogens with zero attached hydrogens (tertiary/aromatic N) is 1. The van der Waals surface area contributed by atoms with Crippen LogP contribution in [0.3, 0.4) is 0 Å². The van der Waals surface area contributed by atoms with Gasteiger partial charge >= 0.3 is 5.97 Å². The molecule has 0 aromatic rings. The Balaban J connectivity index is 3.40. The second-order valence-electron chi connectivity index (χ2n) is 6.22. The van der Waals surface area contributed by atoms with Gasteiger partial charge in [-0.15, -0.1) is 5.06 Å². The normalized spacial score (nSPS) is 10.9. The molecule has 0 aromatic heterocycles. The molecule has 0 fully saturated rings. The van der Waals surface area contributed by atoms with Crippen molar-refractivity contribution in [3.05, 3.63) is 12.2 Å². The molecule has 0 unspecified atom stereocenters. The first kappa shape index (κ1) is 21.2. The van der Waals surface area contributed by atoms with Crippen molar-refractivity contribution >= 4 is 5.97 Å². The summed E-state index contributed by atoms with van der Waals surface area (Å²) < 4.78 is 0. The summed E-state index contributed by atoms with van der Waals surface area (Å²) in [7, 11) is 0. The van der Waals surface area contributed by atoms with Crippen LogP contribution in [0.25, 0.3) is 0 Å². The van der Waals surface area contributed by atoms with Crippen molar-refractivity contribution in [3.8, 4) is 0 Å². The van der Waals surface area contributed by atoms with Gasteiger partial charge in [-0.25, -0.2) is 4.79 Å². The van der Waals surface area contributed by atoms with Gasteiger partial charge in [0.2, 0.25) is 0 Å². The lowest BCUT2D eigenvalue weighted by molar-refractivity contribution is -0.184. The van der Waals surface area contributed by atoms with E-state index in [0.717, 1.165) is 19.5 Å². The number of unbranched alkanes of at least 4 members (excludes halogenated alkanes) is 10. The number of hydroxylamine groups is 2. The van der Waals surface area contributed by atoms with Crippen molar-refractivity contribution in [1.29, 1.82) is 0 Å². The molecule has 0 spiro atoms. The summed E-state index contributed by atoms with van der Waals surface area (Å²) in [6.45, 7) is 11.1. The van der Waals surface area contributed by atoms with Gasteiger partial charge in [-0.05, 0) is 20.3 Å². The highest BCUT2D eigenvalue weighted by atomic mass is 16.7. The largest absolute Gasteiger partial charge is 0.364 e. The average Bonchev–Trinajstić information content (AvgIpc) is 2.51. The van der Waals surface area contributed by atoms with Crippen LogP contribution in [0.1, 0.15) is 91.4 Å². The van der Waals surface area contributed by atoms with E-state index in [1.807, 2.05) is 6.92 Å². The predicted octanol–water partition coefficient (Wildman–Crippen LogP) is 5.65. The number of carbonyl (C=O) groups is 1. The van der Waals surface area contributed by atoms with E-state index in [-0.39, 0.29) is 5.97 Å². The molecule has 3 heteroatoms. The molecule has 0 aromatic carbocycles. The molecule has 0 saturated heterocycles. The number of rotatable bonds is 15. The maximum absolute atomic E-state index is 11.5. The third-order valence-electron chi connectivity index (χ3n) is 3.92. The van der Waals surface area contributed by atoms with Gasteiger partial charge < -0.3 is 4.84 Å². The van der Waals surface area contributed by atoms with Gasteiger partial charge in [0.15, 0.2) is 0 Å². The SMILES string of the molecule is C=C(C)C(=O)ON(CC)CCCCCCCCCCCCC. The Bertz CT molecular complexity index is 289. The van der Waals surface area contributed by atoms with Crippen molar-refractivity contribution in [3.63, 3.8) is 0 Å². The van der Waals surface area contributed by atoms with E-state index in [0.29, 0.717) is 5.57 Å². The van der Waals surface area contributed by atoms with Crippen LogP contribution in [0.15, 0.2) is 12.2 Å². The molecule has 0 rings (SSSR count). The minimum Gasteiger partial charge on any atom is -0.364 e. The summed E-state index contributed by atoms with van der Waals surface area (Å²) in [5, 5.41) is 1.74. The van der Waals surface area contributed by atoms with Crippen molar-refractivity contribution in [1.82, 2.24) is 5.06 Å². The smallest absolute Gasteiger partial charge is 0.352 e. The molecule has 0 aliphatic heterocycles. The molecule has 0 atom stereocenters. The van der Waals surface area contributed by atoms with Crippen LogP contribution >= 0.6 is 0 Å². The molecule has 0 aliphatic carbocycles. The first-order valence-corrected chi connectivity index (χ1v) is 9.24. The highest BCUT2D eigenvalue weighted by Gasteiger charge is 2.09. The van der Waals surface area contributed by atoms with Crippen LogP contribution in [0.5, 0.6) is 0 Å². The summed E-state index contributed by atoms with van der Waals surface area (Å²) in [4.78, 5) is 16.7. The summed E-state index contributed by atoms with van der Waals surface area (Å²) in [5.74, 6) is -0.315. The number of carbonyl (C=O) groups excluding carboxylic acids is 1. The zero-order valence-electron chi connectivity index (χ0n) is 15.2. The Labute approximate surface area is 138 Å². The fourth-order valence-corrected chi connectivity index (χ4v) is 2.42. The van der Waals surface area contributed by atoms with Crippen LogP contribution in [0.2, 0.25) is 0 Å². The lowest BCUT2D eigenvalue weighted by Gasteiger charge is -2.19. The second kappa shape index (κ2) is 15.1. The maximum atomic E-state index is 11.5. The maximum Gasteiger partial charge on any atom is 0.352 e. The van der Waals surface area contributed by atoms with Gasteiger partial charge in [-0.1, -0.05) is 77.7 Å². The van der Waals surface area contributed by atoms with E-state index in [2.05, 4.69) is 13.5 Å². The van der Waals surface area contributed by atoms with Crippen LogP contribution in [-0.4, -0.2) is 24.1 Å². The van der Waals surface area contributed by atoms with E-state index >= 15 is 0 Å². The monoisotopic (exact) mass is 311 g/mol. The standard InChI is InChI=1S/C19H37NO2/c1-5-7-8-9-10-11-12-13-14-15-16-17-20(6-2)22-19(21)18(3)4/h3,5-17H2,1-2,4H3. The topological polar surface area (TPSA) is 29.5 Å². The van der Waals surface area contributed by atoms with Crippen molar-refractivity contribution in [2.75, 3.05) is 13.1 Å². The second-order valence-corrected chi connectivity index (χ2v) is 6.22. The van der Waals surface area contributed by atoms with Gasteiger partial charge in [0.05, 0.1) is 0 Å². The van der Waals surface area contributed by atoms with E-state index in [1.165, 1.54) is 64.2 Å². The first-order valence-electron chi connectivity index (χ1n) is 9.24. The van der Waals surface area contributed by atoms with Crippen molar-refractivity contribution < 1.29 is 9.63 Å².